The molecule has 558 valence electrons. The fourth-order valence-corrected chi connectivity index (χ4v) is 13.0. The maximum absolute atomic E-state index is 13.1. The topological polar surface area (TPSA) is 237 Å². The Hall–Kier alpha value is -1.94. The fourth-order valence-electron chi connectivity index (χ4n) is 11.4. The average Bonchev–Trinajstić information content (AvgIpc) is 1.70. The van der Waals surface area contributed by atoms with Gasteiger partial charge in [0.05, 0.1) is 26.4 Å². The molecule has 17 nitrogen and oxygen atoms in total. The van der Waals surface area contributed by atoms with Gasteiger partial charge in [0.1, 0.15) is 19.3 Å². The van der Waals surface area contributed by atoms with Crippen LogP contribution in [0.3, 0.4) is 0 Å². The van der Waals surface area contributed by atoms with Crippen molar-refractivity contribution in [2.24, 2.45) is 17.8 Å². The molecule has 0 fully saturated rings. The molecule has 0 saturated heterocycles. The average molecular weight is 1380 g/mol. The largest absolute Gasteiger partial charge is 0.472 e. The summed E-state index contributed by atoms with van der Waals surface area (Å²) in [5.41, 5.74) is 0. The number of hydrogen-bond donors (Lipinski definition) is 3. The molecule has 2 unspecified atom stereocenters. The SMILES string of the molecule is CCCCCCCCCCCCCCCCCCCCCCC(=O)O[C@H](COC(=O)CCCCCCCCCCCCC(C)C)COP(=O)(O)OC[C@@H](O)COP(=O)(O)OC[C@@H](COC(=O)CCCCCCCCCC(C)C)OC(=O)CCCCCCCCCCC(C)C. The van der Waals surface area contributed by atoms with E-state index in [1.165, 1.54) is 186 Å². The van der Waals surface area contributed by atoms with Gasteiger partial charge >= 0.3 is 39.5 Å². The first-order valence-electron chi connectivity index (χ1n) is 38.8. The van der Waals surface area contributed by atoms with E-state index >= 15 is 0 Å². The predicted molar refractivity (Wildman–Crippen MR) is 381 cm³/mol. The van der Waals surface area contributed by atoms with E-state index in [1.807, 2.05) is 0 Å². The number of unbranched alkanes of at least 4 members (excludes halogenated alkanes) is 41. The molecule has 0 saturated carbocycles. The number of carbonyl (C=O) groups is 4. The van der Waals surface area contributed by atoms with Crippen molar-refractivity contribution in [3.8, 4) is 0 Å². The number of phosphoric acid groups is 2. The minimum absolute atomic E-state index is 0.104. The molecule has 19 heteroatoms. The lowest BCUT2D eigenvalue weighted by atomic mass is 10.0. The van der Waals surface area contributed by atoms with Crippen molar-refractivity contribution in [1.29, 1.82) is 0 Å². The second-order valence-electron chi connectivity index (χ2n) is 28.5. The molecule has 0 aromatic rings. The van der Waals surface area contributed by atoms with E-state index in [0.29, 0.717) is 31.6 Å². The highest BCUT2D eigenvalue weighted by Gasteiger charge is 2.30. The molecule has 5 atom stereocenters. The fraction of sp³-hybridized carbons (Fsp3) is 0.947. The Balaban J connectivity index is 5.21. The van der Waals surface area contributed by atoms with Gasteiger partial charge in [-0.1, -0.05) is 331 Å². The third kappa shape index (κ3) is 68.6. The van der Waals surface area contributed by atoms with Gasteiger partial charge in [0.15, 0.2) is 12.2 Å². The van der Waals surface area contributed by atoms with Gasteiger partial charge in [-0.05, 0) is 43.4 Å². The van der Waals surface area contributed by atoms with Gasteiger partial charge < -0.3 is 33.8 Å². The lowest BCUT2D eigenvalue weighted by molar-refractivity contribution is -0.161. The zero-order valence-electron chi connectivity index (χ0n) is 61.4. The molecule has 0 amide bonds. The summed E-state index contributed by atoms with van der Waals surface area (Å²) in [6, 6.07) is 0. The zero-order valence-corrected chi connectivity index (χ0v) is 63.2. The number of ether oxygens (including phenoxy) is 4. The number of aliphatic hydroxyl groups excluding tert-OH is 1. The minimum atomic E-state index is -4.96. The van der Waals surface area contributed by atoms with Gasteiger partial charge in [0.25, 0.3) is 0 Å². The smallest absolute Gasteiger partial charge is 0.462 e. The zero-order chi connectivity index (χ0) is 69.4. The Bertz CT molecular complexity index is 1840. The maximum atomic E-state index is 13.1. The summed E-state index contributed by atoms with van der Waals surface area (Å²) in [6.45, 7) is 11.8. The number of hydrogen-bond acceptors (Lipinski definition) is 15. The standard InChI is InChI=1S/C75H146O17P2/c1-8-9-10-11-12-13-14-15-16-17-18-19-20-21-22-23-28-36-44-51-58-74(79)91-70(62-85-72(77)56-49-42-35-27-25-24-26-32-39-46-53-66(2)3)64-89-93(81,82)87-60-69(76)61-88-94(83,84)90-65-71(63-86-73(78)57-50-43-38-31-34-41-48-55-68(6)7)92-75(80)59-52-45-37-30-29-33-40-47-54-67(4)5/h66-71,76H,8-65H2,1-7H3,(H,81,82)(H,83,84)/t69-,70-,71-/m1/s1. The lowest BCUT2D eigenvalue weighted by Crippen LogP contribution is -2.30. The normalized spacial score (nSPS) is 14.1. The van der Waals surface area contributed by atoms with Crippen molar-refractivity contribution in [1.82, 2.24) is 0 Å². The highest BCUT2D eigenvalue weighted by atomic mass is 31.2. The van der Waals surface area contributed by atoms with Crippen LogP contribution in [0.15, 0.2) is 0 Å². The molecule has 0 aliphatic heterocycles. The molecule has 94 heavy (non-hydrogen) atoms. The van der Waals surface area contributed by atoms with Gasteiger partial charge in [0, 0.05) is 25.7 Å². The van der Waals surface area contributed by atoms with E-state index in [1.54, 1.807) is 0 Å². The summed E-state index contributed by atoms with van der Waals surface area (Å²) in [5.74, 6) is 0.0586. The molecule has 0 aromatic heterocycles. The molecule has 0 bridgehead atoms. The Kier molecular flexibility index (Phi) is 64.3. The van der Waals surface area contributed by atoms with Crippen molar-refractivity contribution < 1.29 is 80.2 Å². The first-order valence-corrected chi connectivity index (χ1v) is 41.8. The molecule has 0 heterocycles. The van der Waals surface area contributed by atoms with Gasteiger partial charge in [-0.3, -0.25) is 37.3 Å². The van der Waals surface area contributed by atoms with E-state index < -0.39 is 97.5 Å². The minimum Gasteiger partial charge on any atom is -0.462 e. The van der Waals surface area contributed by atoms with Crippen LogP contribution in [0.2, 0.25) is 0 Å². The van der Waals surface area contributed by atoms with Crippen LogP contribution in [0, 0.1) is 17.8 Å². The number of rotatable bonds is 73. The van der Waals surface area contributed by atoms with E-state index in [-0.39, 0.29) is 25.7 Å². The van der Waals surface area contributed by atoms with Crippen LogP contribution in [0.5, 0.6) is 0 Å². The molecular formula is C75H146O17P2. The summed E-state index contributed by atoms with van der Waals surface area (Å²) in [5, 5.41) is 10.6. The quantitative estimate of drug-likeness (QED) is 0.0222. The summed E-state index contributed by atoms with van der Waals surface area (Å²) in [7, 11) is -9.91. The molecule has 0 aliphatic rings. The van der Waals surface area contributed by atoms with E-state index in [9.17, 15) is 43.2 Å². The van der Waals surface area contributed by atoms with Crippen LogP contribution in [-0.2, 0) is 65.4 Å². The van der Waals surface area contributed by atoms with Crippen LogP contribution in [0.1, 0.15) is 382 Å². The first kappa shape index (κ1) is 92.1. The molecule has 0 aliphatic carbocycles. The van der Waals surface area contributed by atoms with Crippen molar-refractivity contribution in [3.63, 3.8) is 0 Å². The molecule has 3 N–H and O–H groups in total. The second-order valence-corrected chi connectivity index (χ2v) is 31.4. The Morgan fingerprint density at radius 3 is 0.723 bits per heavy atom. The summed E-state index contributed by atoms with van der Waals surface area (Å²) < 4.78 is 68.4. The van der Waals surface area contributed by atoms with Crippen LogP contribution >= 0.6 is 15.6 Å². The van der Waals surface area contributed by atoms with Gasteiger partial charge in [-0.15, -0.1) is 0 Å². The summed E-state index contributed by atoms with van der Waals surface area (Å²) in [6.07, 6.45) is 51.6. The molecule has 0 aromatic carbocycles. The Labute approximate surface area is 575 Å². The second kappa shape index (κ2) is 65.7. The Morgan fingerprint density at radius 2 is 0.489 bits per heavy atom. The third-order valence-corrected chi connectivity index (χ3v) is 19.3. The van der Waals surface area contributed by atoms with Crippen molar-refractivity contribution in [2.45, 2.75) is 401 Å². The van der Waals surface area contributed by atoms with Crippen LogP contribution in [0.25, 0.3) is 0 Å². The van der Waals surface area contributed by atoms with Gasteiger partial charge in [-0.2, -0.15) is 0 Å². The van der Waals surface area contributed by atoms with Crippen molar-refractivity contribution in [3.05, 3.63) is 0 Å². The highest BCUT2D eigenvalue weighted by molar-refractivity contribution is 7.47. The predicted octanol–water partition coefficient (Wildman–Crippen LogP) is 21.8. The van der Waals surface area contributed by atoms with Gasteiger partial charge in [0.2, 0.25) is 0 Å². The van der Waals surface area contributed by atoms with E-state index in [4.69, 9.17) is 37.0 Å². The summed E-state index contributed by atoms with van der Waals surface area (Å²) >= 11 is 0. The highest BCUT2D eigenvalue weighted by Crippen LogP contribution is 2.45. The lowest BCUT2D eigenvalue weighted by Gasteiger charge is -2.21. The molecule has 0 rings (SSSR count). The number of aliphatic hydroxyl groups is 1. The third-order valence-electron chi connectivity index (χ3n) is 17.4. The van der Waals surface area contributed by atoms with E-state index in [0.717, 1.165) is 108 Å². The first-order chi connectivity index (χ1) is 45.2. The van der Waals surface area contributed by atoms with E-state index in [2.05, 4.69) is 48.5 Å². The Morgan fingerprint density at radius 1 is 0.287 bits per heavy atom. The molecular weight excluding hydrogens is 1230 g/mol. The van der Waals surface area contributed by atoms with Crippen LogP contribution < -0.4 is 0 Å². The molecule has 0 spiro atoms. The monoisotopic (exact) mass is 1380 g/mol. The van der Waals surface area contributed by atoms with Crippen molar-refractivity contribution >= 4 is 39.5 Å². The number of esters is 4. The molecule has 0 radical (unpaired) electrons. The van der Waals surface area contributed by atoms with Crippen molar-refractivity contribution in [2.75, 3.05) is 39.6 Å². The maximum Gasteiger partial charge on any atom is 0.472 e. The number of phosphoric ester groups is 2. The van der Waals surface area contributed by atoms with Gasteiger partial charge in [-0.25, -0.2) is 9.13 Å². The van der Waals surface area contributed by atoms with Crippen LogP contribution in [-0.4, -0.2) is 96.7 Å². The number of carbonyl (C=O) groups excluding carboxylic acids is 4. The summed E-state index contributed by atoms with van der Waals surface area (Å²) in [4.78, 5) is 72.7. The van der Waals surface area contributed by atoms with Crippen LogP contribution in [0.4, 0.5) is 0 Å².